The number of thiazole rings is 1. The maximum Gasteiger partial charge on any atom is 0.290 e. The SMILES string of the molecule is CCCN1C(=O)C(O)=C(C(=O)c2sc(C)nc2C)C1c1ccc(Cl)c(Cl)c1. The second-order valence-corrected chi connectivity index (χ2v) is 8.33. The number of carbonyl (C=O) groups excluding carboxylic acids is 2. The second kappa shape index (κ2) is 7.62. The average Bonchev–Trinajstić information content (AvgIpc) is 3.08. The Labute approximate surface area is 171 Å². The number of aliphatic hydroxyl groups excluding tert-OH is 1. The van der Waals surface area contributed by atoms with Crippen molar-refractivity contribution in [1.29, 1.82) is 0 Å². The zero-order valence-electron chi connectivity index (χ0n) is 15.0. The van der Waals surface area contributed by atoms with Crippen molar-refractivity contribution in [3.63, 3.8) is 0 Å². The highest BCUT2D eigenvalue weighted by atomic mass is 35.5. The summed E-state index contributed by atoms with van der Waals surface area (Å²) >= 11 is 13.4. The third-order valence-corrected chi connectivity index (χ3v) is 6.19. The smallest absolute Gasteiger partial charge is 0.290 e. The molecule has 2 aromatic rings. The van der Waals surface area contributed by atoms with E-state index in [-0.39, 0.29) is 5.57 Å². The summed E-state index contributed by atoms with van der Waals surface area (Å²) < 4.78 is 0. The Bertz CT molecular complexity index is 968. The number of benzene rings is 1. The molecule has 142 valence electrons. The number of aryl methyl sites for hydroxylation is 2. The van der Waals surface area contributed by atoms with Crippen molar-refractivity contribution in [2.45, 2.75) is 33.2 Å². The summed E-state index contributed by atoms with van der Waals surface area (Å²) in [4.78, 5) is 32.1. The van der Waals surface area contributed by atoms with Crippen molar-refractivity contribution in [3.05, 3.63) is 60.7 Å². The third kappa shape index (κ3) is 3.49. The fourth-order valence-electron chi connectivity index (χ4n) is 3.25. The van der Waals surface area contributed by atoms with Crippen molar-refractivity contribution in [1.82, 2.24) is 9.88 Å². The summed E-state index contributed by atoms with van der Waals surface area (Å²) in [5.41, 5.74) is 1.26. The molecule has 0 saturated heterocycles. The van der Waals surface area contributed by atoms with E-state index in [2.05, 4.69) is 4.98 Å². The van der Waals surface area contributed by atoms with Gasteiger partial charge in [-0.15, -0.1) is 11.3 Å². The largest absolute Gasteiger partial charge is 0.503 e. The molecule has 1 atom stereocenters. The van der Waals surface area contributed by atoms with Crippen molar-refractivity contribution >= 4 is 46.2 Å². The minimum atomic E-state index is -0.721. The second-order valence-electron chi connectivity index (χ2n) is 6.31. The minimum absolute atomic E-state index is 0.0542. The van der Waals surface area contributed by atoms with Crippen LogP contribution >= 0.6 is 34.5 Å². The van der Waals surface area contributed by atoms with E-state index in [0.29, 0.717) is 39.1 Å². The fourth-order valence-corrected chi connectivity index (χ4v) is 4.43. The number of ketones is 1. The van der Waals surface area contributed by atoms with Gasteiger partial charge < -0.3 is 10.0 Å². The molecular formula is C19H18Cl2N2O3S. The quantitative estimate of drug-likeness (QED) is 0.681. The molecule has 2 heterocycles. The molecule has 5 nitrogen and oxygen atoms in total. The monoisotopic (exact) mass is 424 g/mol. The number of rotatable bonds is 5. The number of aliphatic hydroxyl groups is 1. The van der Waals surface area contributed by atoms with Crippen LogP contribution in [0.25, 0.3) is 0 Å². The van der Waals surface area contributed by atoms with Crippen LogP contribution in [0.5, 0.6) is 0 Å². The average molecular weight is 425 g/mol. The molecule has 1 N–H and O–H groups in total. The lowest BCUT2D eigenvalue weighted by Crippen LogP contribution is -2.31. The van der Waals surface area contributed by atoms with Crippen LogP contribution in [-0.2, 0) is 4.79 Å². The Kier molecular flexibility index (Phi) is 5.60. The van der Waals surface area contributed by atoms with E-state index in [1.54, 1.807) is 25.1 Å². The molecule has 3 rings (SSSR count). The number of hydrogen-bond donors (Lipinski definition) is 1. The summed E-state index contributed by atoms with van der Waals surface area (Å²) in [6.45, 7) is 5.86. The maximum absolute atomic E-state index is 13.2. The Balaban J connectivity index is 2.15. The molecule has 0 fully saturated rings. The molecule has 1 unspecified atom stereocenters. The van der Waals surface area contributed by atoms with Crippen molar-refractivity contribution in [2.24, 2.45) is 0 Å². The number of aromatic nitrogens is 1. The van der Waals surface area contributed by atoms with Crippen LogP contribution in [0.3, 0.4) is 0 Å². The molecule has 0 spiro atoms. The van der Waals surface area contributed by atoms with Crippen LogP contribution in [0.4, 0.5) is 0 Å². The molecule has 0 saturated carbocycles. The molecule has 0 bridgehead atoms. The zero-order valence-corrected chi connectivity index (χ0v) is 17.4. The molecule has 1 amide bonds. The lowest BCUT2D eigenvalue weighted by Gasteiger charge is -2.26. The molecule has 1 aromatic carbocycles. The molecule has 0 radical (unpaired) electrons. The number of amides is 1. The van der Waals surface area contributed by atoms with Crippen molar-refractivity contribution < 1.29 is 14.7 Å². The first-order valence-corrected chi connectivity index (χ1v) is 10.0. The van der Waals surface area contributed by atoms with Gasteiger partial charge in [0.05, 0.1) is 37.2 Å². The first-order chi connectivity index (χ1) is 12.8. The van der Waals surface area contributed by atoms with E-state index < -0.39 is 23.5 Å². The van der Waals surface area contributed by atoms with Gasteiger partial charge in [-0.3, -0.25) is 9.59 Å². The van der Waals surface area contributed by atoms with Gasteiger partial charge in [-0.1, -0.05) is 36.2 Å². The Hall–Kier alpha value is -1.89. The van der Waals surface area contributed by atoms with E-state index in [4.69, 9.17) is 23.2 Å². The summed E-state index contributed by atoms with van der Waals surface area (Å²) in [7, 11) is 0. The van der Waals surface area contributed by atoms with Gasteiger partial charge in [0.2, 0.25) is 5.78 Å². The molecule has 8 heteroatoms. The Morgan fingerprint density at radius 1 is 1.30 bits per heavy atom. The molecule has 1 aliphatic heterocycles. The topological polar surface area (TPSA) is 70.5 Å². The van der Waals surface area contributed by atoms with E-state index in [1.807, 2.05) is 13.8 Å². The number of halogens is 2. The Morgan fingerprint density at radius 3 is 2.56 bits per heavy atom. The van der Waals surface area contributed by atoms with Gasteiger partial charge in [-0.25, -0.2) is 4.98 Å². The van der Waals surface area contributed by atoms with Gasteiger partial charge in [-0.2, -0.15) is 0 Å². The van der Waals surface area contributed by atoms with Crippen molar-refractivity contribution in [2.75, 3.05) is 6.54 Å². The first kappa shape index (κ1) is 19.9. The van der Waals surface area contributed by atoms with Gasteiger partial charge >= 0.3 is 0 Å². The highest BCUT2D eigenvalue weighted by Crippen LogP contribution is 2.41. The van der Waals surface area contributed by atoms with E-state index in [9.17, 15) is 14.7 Å². The molecular weight excluding hydrogens is 407 g/mol. The van der Waals surface area contributed by atoms with E-state index >= 15 is 0 Å². The van der Waals surface area contributed by atoms with Crippen LogP contribution in [0.2, 0.25) is 10.0 Å². The lowest BCUT2D eigenvalue weighted by molar-refractivity contribution is -0.129. The van der Waals surface area contributed by atoms with Gasteiger partial charge in [0.15, 0.2) is 5.76 Å². The van der Waals surface area contributed by atoms with Gasteiger partial charge in [0.25, 0.3) is 5.91 Å². The van der Waals surface area contributed by atoms with Crippen LogP contribution in [0, 0.1) is 13.8 Å². The predicted molar refractivity (Wildman–Crippen MR) is 107 cm³/mol. The highest BCUT2D eigenvalue weighted by molar-refractivity contribution is 7.14. The number of hydrogen-bond acceptors (Lipinski definition) is 5. The van der Waals surface area contributed by atoms with Crippen LogP contribution < -0.4 is 0 Å². The lowest BCUT2D eigenvalue weighted by atomic mass is 9.95. The standard InChI is InChI=1S/C19H18Cl2N2O3S/c1-4-7-23-15(11-5-6-12(20)13(21)8-11)14(17(25)19(23)26)16(24)18-9(2)22-10(3)27-18/h5-6,8,15,25H,4,7H2,1-3H3. The molecule has 0 aliphatic carbocycles. The third-order valence-electron chi connectivity index (χ3n) is 4.38. The van der Waals surface area contributed by atoms with Crippen molar-refractivity contribution in [3.8, 4) is 0 Å². The fraction of sp³-hybridized carbons (Fsp3) is 0.316. The van der Waals surface area contributed by atoms with Crippen LogP contribution in [0.15, 0.2) is 29.5 Å². The Morgan fingerprint density at radius 2 is 2.00 bits per heavy atom. The van der Waals surface area contributed by atoms with Crippen LogP contribution in [0.1, 0.15) is 45.3 Å². The summed E-state index contributed by atoms with van der Waals surface area (Å²) in [5.74, 6) is -1.47. The predicted octanol–water partition coefficient (Wildman–Crippen LogP) is 5.06. The zero-order chi connectivity index (χ0) is 19.9. The first-order valence-electron chi connectivity index (χ1n) is 8.44. The van der Waals surface area contributed by atoms with Gasteiger partial charge in [-0.05, 0) is 38.0 Å². The van der Waals surface area contributed by atoms with E-state index in [1.165, 1.54) is 16.2 Å². The number of carbonyl (C=O) groups is 2. The highest BCUT2D eigenvalue weighted by Gasteiger charge is 2.44. The summed E-state index contributed by atoms with van der Waals surface area (Å²) in [5, 5.41) is 12.0. The summed E-state index contributed by atoms with van der Waals surface area (Å²) in [6, 6.07) is 4.24. The molecule has 1 aliphatic rings. The normalized spacial score (nSPS) is 17.1. The van der Waals surface area contributed by atoms with Gasteiger partial charge in [0, 0.05) is 6.54 Å². The molecule has 1 aromatic heterocycles. The van der Waals surface area contributed by atoms with E-state index in [0.717, 1.165) is 5.01 Å². The number of nitrogens with zero attached hydrogens (tertiary/aromatic N) is 2. The number of Topliss-reactive ketones (excluding diaryl/α,β-unsaturated/α-hetero) is 1. The maximum atomic E-state index is 13.2. The summed E-state index contributed by atoms with van der Waals surface area (Å²) in [6.07, 6.45) is 0.678. The van der Waals surface area contributed by atoms with Crippen LogP contribution in [-0.4, -0.2) is 33.2 Å². The molecule has 27 heavy (non-hydrogen) atoms. The van der Waals surface area contributed by atoms with Gasteiger partial charge in [0.1, 0.15) is 0 Å². The minimum Gasteiger partial charge on any atom is -0.503 e.